The third kappa shape index (κ3) is 3.58. The van der Waals surface area contributed by atoms with Crippen LogP contribution < -0.4 is 4.18 Å². The third-order valence-corrected chi connectivity index (χ3v) is 3.91. The fourth-order valence-corrected chi connectivity index (χ4v) is 3.04. The van der Waals surface area contributed by atoms with Gasteiger partial charge in [-0.25, -0.2) is 0 Å². The van der Waals surface area contributed by atoms with Crippen LogP contribution in [0.25, 0.3) is 0 Å². The summed E-state index contributed by atoms with van der Waals surface area (Å²) in [6.07, 6.45) is 0. The molecule has 0 spiro atoms. The second-order valence-electron chi connectivity index (χ2n) is 4.49. The van der Waals surface area contributed by atoms with Crippen LogP contribution in [0.1, 0.15) is 16.7 Å². The third-order valence-electron chi connectivity index (χ3n) is 2.81. The van der Waals surface area contributed by atoms with Gasteiger partial charge in [-0.15, -0.1) is 0 Å². The molecule has 0 saturated heterocycles. The van der Waals surface area contributed by atoms with E-state index in [1.807, 2.05) is 50.2 Å². The van der Waals surface area contributed by atoms with Crippen LogP contribution in [0.2, 0.25) is 0 Å². The molecular formula is C15H16O3S. The SMILES string of the molecule is Cc1cccc(C)c1OS(=O)(=O)Cc1ccccc1. The summed E-state index contributed by atoms with van der Waals surface area (Å²) >= 11 is 0. The van der Waals surface area contributed by atoms with Crippen LogP contribution in [-0.4, -0.2) is 8.42 Å². The van der Waals surface area contributed by atoms with Crippen molar-refractivity contribution in [2.75, 3.05) is 0 Å². The van der Waals surface area contributed by atoms with Gasteiger partial charge in [0.05, 0.1) is 0 Å². The summed E-state index contributed by atoms with van der Waals surface area (Å²) < 4.78 is 29.3. The summed E-state index contributed by atoms with van der Waals surface area (Å²) in [5.74, 6) is 0.306. The lowest BCUT2D eigenvalue weighted by Gasteiger charge is -2.11. The van der Waals surface area contributed by atoms with Gasteiger partial charge in [-0.3, -0.25) is 0 Å². The van der Waals surface area contributed by atoms with E-state index in [1.165, 1.54) is 0 Å². The molecule has 2 rings (SSSR count). The summed E-state index contributed by atoms with van der Waals surface area (Å²) in [6.45, 7) is 3.67. The zero-order chi connectivity index (χ0) is 13.9. The van der Waals surface area contributed by atoms with Gasteiger partial charge in [-0.05, 0) is 30.5 Å². The summed E-state index contributed by atoms with van der Waals surface area (Å²) in [4.78, 5) is 0. The molecule has 0 aromatic heterocycles. The fourth-order valence-electron chi connectivity index (χ4n) is 1.87. The van der Waals surface area contributed by atoms with Crippen LogP contribution in [-0.2, 0) is 15.9 Å². The highest BCUT2D eigenvalue weighted by atomic mass is 32.2. The highest BCUT2D eigenvalue weighted by Gasteiger charge is 2.16. The molecule has 0 aliphatic heterocycles. The van der Waals surface area contributed by atoms with Crippen molar-refractivity contribution in [2.24, 2.45) is 0 Å². The minimum absolute atomic E-state index is 0.123. The first-order valence-electron chi connectivity index (χ1n) is 6.00. The zero-order valence-electron chi connectivity index (χ0n) is 11.0. The summed E-state index contributed by atoms with van der Waals surface area (Å²) in [5.41, 5.74) is 2.35. The van der Waals surface area contributed by atoms with Crippen LogP contribution >= 0.6 is 0 Å². The van der Waals surface area contributed by atoms with Gasteiger partial charge in [0.2, 0.25) is 0 Å². The Hall–Kier alpha value is -1.81. The Bertz CT molecular complexity index is 641. The zero-order valence-corrected chi connectivity index (χ0v) is 11.8. The number of hydrogen-bond acceptors (Lipinski definition) is 3. The molecule has 2 aromatic rings. The van der Waals surface area contributed by atoms with Gasteiger partial charge in [-0.1, -0.05) is 48.5 Å². The van der Waals surface area contributed by atoms with Crippen molar-refractivity contribution in [3.63, 3.8) is 0 Å². The quantitative estimate of drug-likeness (QED) is 0.805. The molecule has 0 aliphatic carbocycles. The van der Waals surface area contributed by atoms with Crippen molar-refractivity contribution < 1.29 is 12.6 Å². The van der Waals surface area contributed by atoms with Gasteiger partial charge >= 0.3 is 10.1 Å². The van der Waals surface area contributed by atoms with E-state index in [0.29, 0.717) is 11.3 Å². The lowest BCUT2D eigenvalue weighted by Crippen LogP contribution is -2.13. The molecule has 3 nitrogen and oxygen atoms in total. The Labute approximate surface area is 114 Å². The first-order valence-corrected chi connectivity index (χ1v) is 7.58. The van der Waals surface area contributed by atoms with E-state index in [0.717, 1.165) is 11.1 Å². The minimum atomic E-state index is -3.63. The molecule has 0 heterocycles. The number of para-hydroxylation sites is 1. The number of rotatable bonds is 4. The second kappa shape index (κ2) is 5.45. The van der Waals surface area contributed by atoms with Crippen LogP contribution in [0.15, 0.2) is 48.5 Å². The minimum Gasteiger partial charge on any atom is -0.382 e. The summed E-state index contributed by atoms with van der Waals surface area (Å²) in [5, 5.41) is 0. The summed E-state index contributed by atoms with van der Waals surface area (Å²) in [6, 6.07) is 14.6. The normalized spacial score (nSPS) is 11.3. The first-order chi connectivity index (χ1) is 8.98. The Morgan fingerprint density at radius 1 is 0.895 bits per heavy atom. The molecule has 100 valence electrons. The number of benzene rings is 2. The molecule has 0 fully saturated rings. The van der Waals surface area contributed by atoms with Gasteiger partial charge in [-0.2, -0.15) is 8.42 Å². The Balaban J connectivity index is 2.23. The standard InChI is InChI=1S/C15H16O3S/c1-12-7-6-8-13(2)15(12)18-19(16,17)11-14-9-4-3-5-10-14/h3-10H,11H2,1-2H3. The van der Waals surface area contributed by atoms with Gasteiger partial charge < -0.3 is 4.18 Å². The van der Waals surface area contributed by atoms with Crippen molar-refractivity contribution in [3.8, 4) is 5.75 Å². The Kier molecular flexibility index (Phi) is 3.90. The van der Waals surface area contributed by atoms with Crippen molar-refractivity contribution >= 4 is 10.1 Å². The van der Waals surface area contributed by atoms with Crippen molar-refractivity contribution in [1.82, 2.24) is 0 Å². The molecule has 4 heteroatoms. The van der Waals surface area contributed by atoms with Gasteiger partial charge in [0, 0.05) is 0 Å². The van der Waals surface area contributed by atoms with Crippen LogP contribution in [0.5, 0.6) is 5.75 Å². The lowest BCUT2D eigenvalue weighted by molar-refractivity contribution is 0.481. The average Bonchev–Trinajstić information content (AvgIpc) is 2.35. The summed E-state index contributed by atoms with van der Waals surface area (Å²) in [7, 11) is -3.63. The largest absolute Gasteiger partial charge is 0.382 e. The van der Waals surface area contributed by atoms with Crippen molar-refractivity contribution in [1.29, 1.82) is 0 Å². The number of aryl methyl sites for hydroxylation is 2. The molecule has 0 saturated carbocycles. The van der Waals surface area contributed by atoms with Gasteiger partial charge in [0.1, 0.15) is 11.5 Å². The predicted octanol–water partition coefficient (Wildman–Crippen LogP) is 3.21. The molecule has 0 aliphatic rings. The van der Waals surface area contributed by atoms with E-state index in [4.69, 9.17) is 4.18 Å². The highest BCUT2D eigenvalue weighted by Crippen LogP contribution is 2.24. The van der Waals surface area contributed by atoms with E-state index in [1.54, 1.807) is 12.1 Å². The smallest absolute Gasteiger partial charge is 0.313 e. The molecule has 19 heavy (non-hydrogen) atoms. The van der Waals surface area contributed by atoms with E-state index in [9.17, 15) is 8.42 Å². The monoisotopic (exact) mass is 276 g/mol. The van der Waals surface area contributed by atoms with E-state index >= 15 is 0 Å². The molecular weight excluding hydrogens is 260 g/mol. The maximum absolute atomic E-state index is 12.1. The first kappa shape index (κ1) is 13.6. The average molecular weight is 276 g/mol. The molecule has 0 unspecified atom stereocenters. The van der Waals surface area contributed by atoms with Gasteiger partial charge in [0.15, 0.2) is 0 Å². The maximum Gasteiger partial charge on any atom is 0.313 e. The van der Waals surface area contributed by atoms with Crippen molar-refractivity contribution in [3.05, 3.63) is 65.2 Å². The van der Waals surface area contributed by atoms with Crippen LogP contribution in [0.4, 0.5) is 0 Å². The fraction of sp³-hybridized carbons (Fsp3) is 0.200. The molecule has 0 bridgehead atoms. The van der Waals surface area contributed by atoms with Crippen LogP contribution in [0.3, 0.4) is 0 Å². The molecule has 0 atom stereocenters. The topological polar surface area (TPSA) is 43.4 Å². The van der Waals surface area contributed by atoms with E-state index < -0.39 is 10.1 Å². The van der Waals surface area contributed by atoms with Gasteiger partial charge in [0.25, 0.3) is 0 Å². The second-order valence-corrected chi connectivity index (χ2v) is 6.06. The molecule has 2 aromatic carbocycles. The maximum atomic E-state index is 12.1. The van der Waals surface area contributed by atoms with E-state index in [2.05, 4.69) is 0 Å². The molecule has 0 radical (unpaired) electrons. The Morgan fingerprint density at radius 3 is 2.05 bits per heavy atom. The molecule has 0 amide bonds. The number of hydrogen-bond donors (Lipinski definition) is 0. The Morgan fingerprint density at radius 2 is 1.47 bits per heavy atom. The lowest BCUT2D eigenvalue weighted by atomic mass is 10.1. The molecule has 0 N–H and O–H groups in total. The van der Waals surface area contributed by atoms with E-state index in [-0.39, 0.29) is 5.75 Å². The predicted molar refractivity (Wildman–Crippen MR) is 75.6 cm³/mol. The van der Waals surface area contributed by atoms with Crippen LogP contribution in [0, 0.1) is 13.8 Å². The van der Waals surface area contributed by atoms with Crippen molar-refractivity contribution in [2.45, 2.75) is 19.6 Å². The highest BCUT2D eigenvalue weighted by molar-refractivity contribution is 7.86.